The van der Waals surface area contributed by atoms with Crippen LogP contribution in [0.5, 0.6) is 5.75 Å². The molecule has 0 spiro atoms. The fourth-order valence-electron chi connectivity index (χ4n) is 2.80. The zero-order chi connectivity index (χ0) is 19.6. The molecule has 0 fully saturated rings. The molecule has 2 aromatic carbocycles. The quantitative estimate of drug-likeness (QED) is 0.681. The highest BCUT2D eigenvalue weighted by molar-refractivity contribution is 7.89. The van der Waals surface area contributed by atoms with Crippen molar-refractivity contribution in [1.82, 2.24) is 14.3 Å². The third-order valence-corrected chi connectivity index (χ3v) is 6.08. The summed E-state index contributed by atoms with van der Waals surface area (Å²) in [7, 11) is -0.442. The lowest BCUT2D eigenvalue weighted by molar-refractivity contribution is 0.414. The maximum Gasteiger partial charge on any atom is 0.241 e. The van der Waals surface area contributed by atoms with Crippen molar-refractivity contribution in [3.8, 4) is 5.75 Å². The molecule has 1 N–H and O–H groups in total. The number of aromatic nitrogens is 2. The van der Waals surface area contributed by atoms with E-state index in [9.17, 15) is 8.42 Å². The Hall–Kier alpha value is -2.35. The molecule has 0 aliphatic rings. The van der Waals surface area contributed by atoms with E-state index in [-0.39, 0.29) is 4.90 Å². The maximum absolute atomic E-state index is 13.1. The second-order valence-corrected chi connectivity index (χ2v) is 8.25. The lowest BCUT2D eigenvalue weighted by atomic mass is 10.1. The van der Waals surface area contributed by atoms with Crippen LogP contribution in [-0.2, 0) is 17.1 Å². The third kappa shape index (κ3) is 4.16. The number of methoxy groups -OCH3 is 1. The lowest BCUT2D eigenvalue weighted by Crippen LogP contribution is -2.31. The summed E-state index contributed by atoms with van der Waals surface area (Å²) in [6.07, 6.45) is 3.40. The number of nitrogens with one attached hydrogen (secondary N) is 1. The molecular weight excluding hydrogens is 386 g/mol. The molecule has 0 radical (unpaired) electrons. The topological polar surface area (TPSA) is 73.2 Å². The molecule has 0 bridgehead atoms. The third-order valence-electron chi connectivity index (χ3n) is 4.28. The van der Waals surface area contributed by atoms with Gasteiger partial charge in [0.15, 0.2) is 0 Å². The molecule has 1 atom stereocenters. The maximum atomic E-state index is 13.1. The van der Waals surface area contributed by atoms with Crippen LogP contribution in [-0.4, -0.2) is 25.1 Å². The molecule has 0 amide bonds. The van der Waals surface area contributed by atoms with Gasteiger partial charge in [0, 0.05) is 24.5 Å². The first-order valence-corrected chi connectivity index (χ1v) is 10.1. The summed E-state index contributed by atoms with van der Waals surface area (Å²) >= 11 is 6.01. The lowest BCUT2D eigenvalue weighted by Gasteiger charge is -2.20. The summed E-state index contributed by atoms with van der Waals surface area (Å²) in [5.74, 6) is 1.26. The predicted octanol–water partition coefficient (Wildman–Crippen LogP) is 3.46. The number of aryl methyl sites for hydroxylation is 2. The van der Waals surface area contributed by atoms with Gasteiger partial charge in [-0.2, -0.15) is 4.72 Å². The molecule has 0 saturated heterocycles. The largest absolute Gasteiger partial charge is 0.497 e. The number of benzene rings is 2. The number of sulfonamides is 1. The van der Waals surface area contributed by atoms with Gasteiger partial charge in [-0.3, -0.25) is 0 Å². The Labute approximate surface area is 163 Å². The van der Waals surface area contributed by atoms with Crippen molar-refractivity contribution >= 4 is 21.6 Å². The highest BCUT2D eigenvalue weighted by atomic mass is 35.5. The molecule has 1 aromatic heterocycles. The molecule has 3 aromatic rings. The molecule has 0 aliphatic carbocycles. The number of hydrogen-bond donors (Lipinski definition) is 1. The highest BCUT2D eigenvalue weighted by Gasteiger charge is 2.27. The van der Waals surface area contributed by atoms with Gasteiger partial charge in [0.25, 0.3) is 0 Å². The van der Waals surface area contributed by atoms with E-state index < -0.39 is 16.1 Å². The Balaban J connectivity index is 2.05. The van der Waals surface area contributed by atoms with Crippen molar-refractivity contribution in [3.05, 3.63) is 76.8 Å². The molecule has 142 valence electrons. The van der Waals surface area contributed by atoms with Crippen LogP contribution in [0.2, 0.25) is 5.02 Å². The van der Waals surface area contributed by atoms with Crippen LogP contribution in [0, 0.1) is 6.92 Å². The highest BCUT2D eigenvalue weighted by Crippen LogP contribution is 2.27. The van der Waals surface area contributed by atoms with E-state index >= 15 is 0 Å². The van der Waals surface area contributed by atoms with Crippen LogP contribution >= 0.6 is 11.6 Å². The van der Waals surface area contributed by atoms with Crippen molar-refractivity contribution in [2.24, 2.45) is 7.05 Å². The summed E-state index contributed by atoms with van der Waals surface area (Å²) in [4.78, 5) is 4.47. The fraction of sp³-hybridized carbons (Fsp3) is 0.211. The van der Waals surface area contributed by atoms with Crippen LogP contribution in [0.15, 0.2) is 59.8 Å². The minimum atomic E-state index is -3.84. The van der Waals surface area contributed by atoms with E-state index in [0.29, 0.717) is 22.2 Å². The van der Waals surface area contributed by atoms with E-state index in [1.807, 2.05) is 19.2 Å². The Bertz CT molecular complexity index is 1050. The summed E-state index contributed by atoms with van der Waals surface area (Å²) in [6.45, 7) is 1.73. The summed E-state index contributed by atoms with van der Waals surface area (Å²) in [6, 6.07) is 11.3. The SMILES string of the molecule is COc1ccc(C(NS(=O)(=O)c2cc(Cl)ccc2C)c2nccn2C)cc1. The molecule has 3 rings (SSSR count). The molecule has 0 saturated carbocycles. The van der Waals surface area contributed by atoms with E-state index in [2.05, 4.69) is 9.71 Å². The van der Waals surface area contributed by atoms with Crippen LogP contribution in [0.4, 0.5) is 0 Å². The monoisotopic (exact) mass is 405 g/mol. The van der Waals surface area contributed by atoms with Gasteiger partial charge in [-0.1, -0.05) is 29.8 Å². The Morgan fingerprint density at radius 2 is 1.89 bits per heavy atom. The van der Waals surface area contributed by atoms with Crippen molar-refractivity contribution < 1.29 is 13.2 Å². The van der Waals surface area contributed by atoms with Crippen LogP contribution in [0.25, 0.3) is 0 Å². The van der Waals surface area contributed by atoms with Crippen LogP contribution < -0.4 is 9.46 Å². The number of ether oxygens (including phenoxy) is 1. The second kappa shape index (κ2) is 7.72. The number of halogens is 1. The number of hydrogen-bond acceptors (Lipinski definition) is 4. The molecule has 1 heterocycles. The zero-order valence-electron chi connectivity index (χ0n) is 15.2. The van der Waals surface area contributed by atoms with Gasteiger partial charge in [-0.15, -0.1) is 0 Å². The molecule has 8 heteroatoms. The van der Waals surface area contributed by atoms with Crippen LogP contribution in [0.3, 0.4) is 0 Å². The first kappa shape index (κ1) is 19.4. The summed E-state index contributed by atoms with van der Waals surface area (Å²) < 4.78 is 35.9. The van der Waals surface area contributed by atoms with Crippen molar-refractivity contribution in [2.75, 3.05) is 7.11 Å². The second-order valence-electron chi connectivity index (χ2n) is 6.13. The molecule has 6 nitrogen and oxygen atoms in total. The molecule has 1 unspecified atom stereocenters. The van der Waals surface area contributed by atoms with Gasteiger partial charge in [0.1, 0.15) is 17.6 Å². The first-order valence-electron chi connectivity index (χ1n) is 8.21. The average Bonchev–Trinajstić information content (AvgIpc) is 3.07. The van der Waals surface area contributed by atoms with E-state index in [4.69, 9.17) is 16.3 Å². The molecule has 27 heavy (non-hydrogen) atoms. The predicted molar refractivity (Wildman–Crippen MR) is 105 cm³/mol. The standard InChI is InChI=1S/C19H20ClN3O3S/c1-13-4-7-15(20)12-17(13)27(24,25)22-18(19-21-10-11-23(19)2)14-5-8-16(26-3)9-6-14/h4-12,18,22H,1-3H3. The summed E-state index contributed by atoms with van der Waals surface area (Å²) in [5.41, 5.74) is 1.36. The fourth-order valence-corrected chi connectivity index (χ4v) is 4.49. The van der Waals surface area contributed by atoms with Gasteiger partial charge >= 0.3 is 0 Å². The smallest absolute Gasteiger partial charge is 0.241 e. The number of imidazole rings is 1. The number of nitrogens with zero attached hydrogens (tertiary/aromatic N) is 2. The van der Waals surface area contributed by atoms with Gasteiger partial charge in [0.2, 0.25) is 10.0 Å². The minimum absolute atomic E-state index is 0.141. The Kier molecular flexibility index (Phi) is 5.55. The van der Waals surface area contributed by atoms with Crippen molar-refractivity contribution in [2.45, 2.75) is 17.9 Å². The van der Waals surface area contributed by atoms with E-state index in [1.54, 1.807) is 55.3 Å². The Morgan fingerprint density at radius 1 is 1.19 bits per heavy atom. The van der Waals surface area contributed by atoms with Gasteiger partial charge in [0.05, 0.1) is 12.0 Å². The van der Waals surface area contributed by atoms with E-state index in [1.165, 1.54) is 6.07 Å². The first-order chi connectivity index (χ1) is 12.8. The average molecular weight is 406 g/mol. The van der Waals surface area contributed by atoms with Crippen molar-refractivity contribution in [3.63, 3.8) is 0 Å². The van der Waals surface area contributed by atoms with Crippen molar-refractivity contribution in [1.29, 1.82) is 0 Å². The van der Waals surface area contributed by atoms with Gasteiger partial charge in [-0.05, 0) is 42.3 Å². The van der Waals surface area contributed by atoms with Gasteiger partial charge < -0.3 is 9.30 Å². The van der Waals surface area contributed by atoms with Crippen LogP contribution in [0.1, 0.15) is 23.0 Å². The normalized spacial score (nSPS) is 12.7. The minimum Gasteiger partial charge on any atom is -0.497 e. The zero-order valence-corrected chi connectivity index (χ0v) is 16.8. The molecular formula is C19H20ClN3O3S. The van der Waals surface area contributed by atoms with E-state index in [0.717, 1.165) is 5.56 Å². The Morgan fingerprint density at radius 3 is 2.48 bits per heavy atom. The summed E-state index contributed by atoms with van der Waals surface area (Å²) in [5, 5.41) is 0.360. The van der Waals surface area contributed by atoms with Gasteiger partial charge in [-0.25, -0.2) is 13.4 Å². The molecule has 0 aliphatic heterocycles. The number of rotatable bonds is 6.